The molecule has 0 saturated carbocycles. The first-order valence-corrected chi connectivity index (χ1v) is 5.33. The Labute approximate surface area is 85.9 Å². The number of rotatable bonds is 2. The molecule has 13 heavy (non-hydrogen) atoms. The summed E-state index contributed by atoms with van der Waals surface area (Å²) in [6.45, 7) is 2.98. The van der Waals surface area contributed by atoms with E-state index in [1.165, 1.54) is 11.4 Å². The fourth-order valence-electron chi connectivity index (χ4n) is 1.25. The molecule has 68 valence electrons. The summed E-state index contributed by atoms with van der Waals surface area (Å²) < 4.78 is 3.03. The van der Waals surface area contributed by atoms with E-state index >= 15 is 0 Å². The Morgan fingerprint density at radius 3 is 3.00 bits per heavy atom. The summed E-state index contributed by atoms with van der Waals surface area (Å²) >= 11 is 6.59. The van der Waals surface area contributed by atoms with Crippen LogP contribution in [0.2, 0.25) is 0 Å². The highest BCUT2D eigenvalue weighted by molar-refractivity contribution is 7.73. The van der Waals surface area contributed by atoms with Crippen LogP contribution in [0.1, 0.15) is 11.4 Å². The second-order valence-corrected chi connectivity index (χ2v) is 4.50. The number of aromatic nitrogens is 2. The molecule has 0 atom stereocenters. The first kappa shape index (κ1) is 8.72. The average Bonchev–Trinajstić information content (AvgIpc) is 2.64. The van der Waals surface area contributed by atoms with Crippen LogP contribution in [-0.2, 0) is 6.54 Å². The molecule has 1 N–H and O–H groups in total. The van der Waals surface area contributed by atoms with Crippen molar-refractivity contribution in [3.63, 3.8) is 0 Å². The van der Waals surface area contributed by atoms with E-state index < -0.39 is 0 Å². The molecule has 0 bridgehead atoms. The number of hydrogen-bond donors (Lipinski definition) is 1. The van der Waals surface area contributed by atoms with E-state index in [4.69, 9.17) is 12.2 Å². The van der Waals surface area contributed by atoms with Crippen molar-refractivity contribution in [1.29, 1.82) is 0 Å². The number of aryl methyl sites for hydroxylation is 1. The molecule has 0 aliphatic heterocycles. The van der Waals surface area contributed by atoms with Crippen LogP contribution in [0.3, 0.4) is 0 Å². The van der Waals surface area contributed by atoms with Crippen molar-refractivity contribution < 1.29 is 0 Å². The monoisotopic (exact) mass is 210 g/mol. The predicted molar refractivity (Wildman–Crippen MR) is 57.8 cm³/mol. The van der Waals surface area contributed by atoms with Crippen LogP contribution in [0.4, 0.5) is 0 Å². The predicted octanol–water partition coefficient (Wildman–Crippen LogP) is 2.96. The lowest BCUT2D eigenvalue weighted by Gasteiger charge is -2.02. The molecule has 0 saturated heterocycles. The van der Waals surface area contributed by atoms with Gasteiger partial charge in [-0.15, -0.1) is 11.3 Å². The largest absolute Gasteiger partial charge is 0.346 e. The van der Waals surface area contributed by atoms with Crippen molar-refractivity contribution in [2.75, 3.05) is 0 Å². The highest BCUT2D eigenvalue weighted by Gasteiger charge is 1.98. The molecule has 2 rings (SSSR count). The van der Waals surface area contributed by atoms with Crippen LogP contribution >= 0.6 is 23.6 Å². The van der Waals surface area contributed by atoms with Gasteiger partial charge >= 0.3 is 0 Å². The van der Waals surface area contributed by atoms with Crippen molar-refractivity contribution in [3.05, 3.63) is 39.1 Å². The summed E-state index contributed by atoms with van der Waals surface area (Å²) in [7, 11) is 0. The summed E-state index contributed by atoms with van der Waals surface area (Å²) in [6, 6.07) is 4.15. The van der Waals surface area contributed by atoms with Crippen LogP contribution in [0.5, 0.6) is 0 Å². The molecule has 2 aromatic rings. The normalized spacial score (nSPS) is 10.5. The lowest BCUT2D eigenvalue weighted by atomic mass is 10.4. The highest BCUT2D eigenvalue weighted by atomic mass is 32.1. The van der Waals surface area contributed by atoms with Gasteiger partial charge in [0.15, 0.2) is 3.95 Å². The number of H-pyrrole nitrogens is 1. The number of aromatic amines is 1. The lowest BCUT2D eigenvalue weighted by Crippen LogP contribution is -1.99. The van der Waals surface area contributed by atoms with Crippen LogP contribution in [0.25, 0.3) is 0 Å². The fourth-order valence-corrected chi connectivity index (χ4v) is 2.10. The molecular formula is C9H10N2S2. The SMILES string of the molecule is Cc1cccn1Cc1csc(=S)[nH]1. The first-order valence-electron chi connectivity index (χ1n) is 4.04. The Hall–Kier alpha value is -0.870. The second kappa shape index (κ2) is 3.47. The van der Waals surface area contributed by atoms with Crippen molar-refractivity contribution in [2.24, 2.45) is 0 Å². The van der Waals surface area contributed by atoms with Gasteiger partial charge in [0.05, 0.1) is 6.54 Å². The third kappa shape index (κ3) is 1.89. The molecular weight excluding hydrogens is 200 g/mol. The Morgan fingerprint density at radius 2 is 2.46 bits per heavy atom. The van der Waals surface area contributed by atoms with Crippen molar-refractivity contribution >= 4 is 23.6 Å². The molecule has 0 amide bonds. The van der Waals surface area contributed by atoms with Crippen LogP contribution in [-0.4, -0.2) is 9.55 Å². The van der Waals surface area contributed by atoms with Gasteiger partial charge in [0, 0.05) is 23.0 Å². The van der Waals surface area contributed by atoms with Gasteiger partial charge in [-0.05, 0) is 31.3 Å². The fraction of sp³-hybridized carbons (Fsp3) is 0.222. The Kier molecular flexibility index (Phi) is 2.33. The molecule has 0 radical (unpaired) electrons. The zero-order valence-corrected chi connectivity index (χ0v) is 8.91. The van der Waals surface area contributed by atoms with Crippen molar-refractivity contribution in [3.8, 4) is 0 Å². The minimum atomic E-state index is 0.847. The number of thiazole rings is 1. The zero-order chi connectivity index (χ0) is 9.26. The maximum atomic E-state index is 5.02. The Bertz CT molecular complexity index is 450. The van der Waals surface area contributed by atoms with Gasteiger partial charge in [0.1, 0.15) is 0 Å². The van der Waals surface area contributed by atoms with Gasteiger partial charge in [-0.3, -0.25) is 0 Å². The molecule has 0 aliphatic carbocycles. The number of hydrogen-bond acceptors (Lipinski definition) is 2. The van der Waals surface area contributed by atoms with Gasteiger partial charge in [0.25, 0.3) is 0 Å². The van der Waals surface area contributed by atoms with E-state index in [0.29, 0.717) is 0 Å². The average molecular weight is 210 g/mol. The summed E-state index contributed by atoms with van der Waals surface area (Å²) in [4.78, 5) is 3.15. The topological polar surface area (TPSA) is 20.7 Å². The molecule has 0 spiro atoms. The Balaban J connectivity index is 2.24. The second-order valence-electron chi connectivity index (χ2n) is 2.95. The van der Waals surface area contributed by atoms with Crippen molar-refractivity contribution in [2.45, 2.75) is 13.5 Å². The number of nitrogens with one attached hydrogen (secondary N) is 1. The van der Waals surface area contributed by atoms with E-state index in [1.54, 1.807) is 11.3 Å². The third-order valence-corrected chi connectivity index (χ3v) is 3.08. The smallest absolute Gasteiger partial charge is 0.158 e. The molecule has 0 aliphatic rings. The molecule has 4 heteroatoms. The maximum Gasteiger partial charge on any atom is 0.158 e. The van der Waals surface area contributed by atoms with Gasteiger partial charge in [-0.25, -0.2) is 0 Å². The van der Waals surface area contributed by atoms with Gasteiger partial charge < -0.3 is 9.55 Å². The van der Waals surface area contributed by atoms with Crippen LogP contribution < -0.4 is 0 Å². The summed E-state index contributed by atoms with van der Waals surface area (Å²) in [5.74, 6) is 0. The van der Waals surface area contributed by atoms with E-state index in [9.17, 15) is 0 Å². The van der Waals surface area contributed by atoms with Crippen LogP contribution in [0.15, 0.2) is 23.7 Å². The van der Waals surface area contributed by atoms with Gasteiger partial charge in [-0.1, -0.05) is 0 Å². The standard InChI is InChI=1S/C9H10N2S2/c1-7-3-2-4-11(7)5-8-6-13-9(12)10-8/h2-4,6H,5H2,1H3,(H,10,12). The molecule has 2 nitrogen and oxygen atoms in total. The van der Waals surface area contributed by atoms with E-state index in [0.717, 1.165) is 10.5 Å². The summed E-state index contributed by atoms with van der Waals surface area (Å²) in [6.07, 6.45) is 2.07. The maximum absolute atomic E-state index is 5.02. The summed E-state index contributed by atoms with van der Waals surface area (Å²) in [5, 5.41) is 2.07. The molecule has 0 aromatic carbocycles. The van der Waals surface area contributed by atoms with E-state index in [2.05, 4.69) is 40.2 Å². The van der Waals surface area contributed by atoms with Crippen LogP contribution in [0, 0.1) is 10.9 Å². The third-order valence-electron chi connectivity index (χ3n) is 1.97. The van der Waals surface area contributed by atoms with Gasteiger partial charge in [0.2, 0.25) is 0 Å². The van der Waals surface area contributed by atoms with E-state index in [1.807, 2.05) is 0 Å². The zero-order valence-electron chi connectivity index (χ0n) is 7.28. The first-order chi connectivity index (χ1) is 6.25. The van der Waals surface area contributed by atoms with Gasteiger partial charge in [-0.2, -0.15) is 0 Å². The minimum absolute atomic E-state index is 0.847. The Morgan fingerprint density at radius 1 is 1.62 bits per heavy atom. The molecule has 2 heterocycles. The molecule has 0 fully saturated rings. The molecule has 2 aromatic heterocycles. The lowest BCUT2D eigenvalue weighted by molar-refractivity contribution is 0.759. The quantitative estimate of drug-likeness (QED) is 0.756. The van der Waals surface area contributed by atoms with Crippen molar-refractivity contribution in [1.82, 2.24) is 9.55 Å². The summed E-state index contributed by atoms with van der Waals surface area (Å²) in [5.41, 5.74) is 2.44. The van der Waals surface area contributed by atoms with E-state index in [-0.39, 0.29) is 0 Å². The minimum Gasteiger partial charge on any atom is -0.346 e. The number of nitrogens with zero attached hydrogens (tertiary/aromatic N) is 1. The highest BCUT2D eigenvalue weighted by Crippen LogP contribution is 2.08. The molecule has 0 unspecified atom stereocenters.